The number of likely N-dealkylation sites (tertiary alicyclic amines) is 1. The number of fused-ring (bicyclic) bond motifs is 1. The molecule has 4 rings (SSSR count). The summed E-state index contributed by atoms with van der Waals surface area (Å²) in [6, 6.07) is 5.75. The molecule has 3 aromatic rings. The fourth-order valence-electron chi connectivity index (χ4n) is 4.39. The van der Waals surface area contributed by atoms with Crippen molar-refractivity contribution < 1.29 is 5.11 Å². The average molecular weight is 411 g/mol. The maximum absolute atomic E-state index is 13.3. The van der Waals surface area contributed by atoms with Crippen molar-refractivity contribution in [2.75, 3.05) is 13.1 Å². The molecule has 3 heterocycles. The SMILES string of the molecule is Cc1cc(C)c2[nH]c(=O)c([C@@H](c3nnnn3C(C)(C)C)N3CCC(O)CC3)cc2c1. The van der Waals surface area contributed by atoms with Gasteiger partial charge in [0, 0.05) is 18.7 Å². The minimum absolute atomic E-state index is 0.131. The number of benzene rings is 1. The van der Waals surface area contributed by atoms with Gasteiger partial charge in [0.2, 0.25) is 0 Å². The second-order valence-electron chi connectivity index (χ2n) is 9.39. The highest BCUT2D eigenvalue weighted by molar-refractivity contribution is 5.83. The molecule has 0 saturated carbocycles. The summed E-state index contributed by atoms with van der Waals surface area (Å²) in [5, 5.41) is 23.5. The standard InChI is InChI=1S/C22H30N6O2/c1-13-10-14(2)18-15(11-13)12-17(21(30)23-18)19(27-8-6-16(29)7-9-27)20-24-25-26-28(20)22(3,4)5/h10-12,16,19,29H,6-9H2,1-5H3,(H,23,30)/t19-/m0/s1. The van der Waals surface area contributed by atoms with Gasteiger partial charge < -0.3 is 10.1 Å². The van der Waals surface area contributed by atoms with Gasteiger partial charge in [0.15, 0.2) is 5.82 Å². The monoisotopic (exact) mass is 410 g/mol. The molecule has 1 aliphatic rings. The van der Waals surface area contributed by atoms with Gasteiger partial charge in [-0.05, 0) is 81.0 Å². The zero-order valence-electron chi connectivity index (χ0n) is 18.3. The van der Waals surface area contributed by atoms with Gasteiger partial charge in [-0.25, -0.2) is 4.68 Å². The van der Waals surface area contributed by atoms with E-state index in [0.29, 0.717) is 37.3 Å². The van der Waals surface area contributed by atoms with E-state index < -0.39 is 0 Å². The number of tetrazole rings is 1. The maximum atomic E-state index is 13.3. The Bertz CT molecular complexity index is 1120. The van der Waals surface area contributed by atoms with E-state index in [1.165, 1.54) is 0 Å². The largest absolute Gasteiger partial charge is 0.393 e. The molecule has 1 aromatic carbocycles. The van der Waals surface area contributed by atoms with Crippen molar-refractivity contribution in [1.29, 1.82) is 0 Å². The Labute approximate surface area is 175 Å². The Morgan fingerprint density at radius 1 is 1.17 bits per heavy atom. The van der Waals surface area contributed by atoms with Crippen molar-refractivity contribution in [3.05, 3.63) is 51.1 Å². The summed E-state index contributed by atoms with van der Waals surface area (Å²) >= 11 is 0. The molecule has 0 bridgehead atoms. The molecule has 8 nitrogen and oxygen atoms in total. The normalized spacial score (nSPS) is 17.5. The number of nitrogens with one attached hydrogen (secondary N) is 1. The van der Waals surface area contributed by atoms with E-state index in [2.05, 4.69) is 44.5 Å². The molecule has 160 valence electrons. The number of aliphatic hydroxyl groups excluding tert-OH is 1. The summed E-state index contributed by atoms with van der Waals surface area (Å²) in [5.41, 5.74) is 3.22. The van der Waals surface area contributed by atoms with E-state index in [1.54, 1.807) is 4.68 Å². The Hall–Kier alpha value is -2.58. The minimum Gasteiger partial charge on any atom is -0.393 e. The Morgan fingerprint density at radius 2 is 1.87 bits per heavy atom. The van der Waals surface area contributed by atoms with Crippen molar-refractivity contribution in [3.63, 3.8) is 0 Å². The van der Waals surface area contributed by atoms with Gasteiger partial charge in [-0.1, -0.05) is 11.6 Å². The number of aliphatic hydroxyl groups is 1. The van der Waals surface area contributed by atoms with Crippen molar-refractivity contribution in [3.8, 4) is 0 Å². The fourth-order valence-corrected chi connectivity index (χ4v) is 4.39. The number of piperidine rings is 1. The smallest absolute Gasteiger partial charge is 0.253 e. The van der Waals surface area contributed by atoms with E-state index in [4.69, 9.17) is 0 Å². The molecule has 0 radical (unpaired) electrons. The summed E-state index contributed by atoms with van der Waals surface area (Å²) in [7, 11) is 0. The number of H-pyrrole nitrogens is 1. The van der Waals surface area contributed by atoms with Crippen LogP contribution in [0.25, 0.3) is 10.9 Å². The van der Waals surface area contributed by atoms with Crippen LogP contribution >= 0.6 is 0 Å². The first-order valence-corrected chi connectivity index (χ1v) is 10.5. The van der Waals surface area contributed by atoms with Crippen molar-refractivity contribution in [1.82, 2.24) is 30.1 Å². The highest BCUT2D eigenvalue weighted by atomic mass is 16.3. The summed E-state index contributed by atoms with van der Waals surface area (Å²) in [4.78, 5) is 18.6. The first-order valence-electron chi connectivity index (χ1n) is 10.5. The molecular formula is C22H30N6O2. The van der Waals surface area contributed by atoms with Crippen LogP contribution in [0.1, 0.15) is 62.2 Å². The molecular weight excluding hydrogens is 380 g/mol. The Balaban J connectivity index is 1.92. The zero-order valence-corrected chi connectivity index (χ0v) is 18.3. The molecule has 1 saturated heterocycles. The molecule has 1 aliphatic heterocycles. The molecule has 0 spiro atoms. The van der Waals surface area contributed by atoms with Gasteiger partial charge in [-0.15, -0.1) is 5.10 Å². The average Bonchev–Trinajstić information content (AvgIpc) is 3.14. The minimum atomic E-state index is -0.388. The van der Waals surface area contributed by atoms with Crippen molar-refractivity contribution in [2.24, 2.45) is 0 Å². The highest BCUT2D eigenvalue weighted by Gasteiger charge is 2.35. The number of pyridine rings is 1. The molecule has 1 atom stereocenters. The first kappa shape index (κ1) is 20.7. The molecule has 8 heteroatoms. The van der Waals surface area contributed by atoms with Gasteiger partial charge in [-0.2, -0.15) is 0 Å². The van der Waals surface area contributed by atoms with Crippen LogP contribution in [-0.4, -0.2) is 54.4 Å². The van der Waals surface area contributed by atoms with Crippen LogP contribution in [0.5, 0.6) is 0 Å². The van der Waals surface area contributed by atoms with Crippen LogP contribution < -0.4 is 5.56 Å². The van der Waals surface area contributed by atoms with Crippen LogP contribution in [0, 0.1) is 13.8 Å². The number of rotatable bonds is 3. The van der Waals surface area contributed by atoms with E-state index in [0.717, 1.165) is 22.0 Å². The first-order chi connectivity index (χ1) is 14.1. The van der Waals surface area contributed by atoms with Gasteiger partial charge in [0.05, 0.1) is 17.2 Å². The summed E-state index contributed by atoms with van der Waals surface area (Å²) < 4.78 is 1.80. The van der Waals surface area contributed by atoms with Crippen LogP contribution in [0.15, 0.2) is 23.0 Å². The van der Waals surface area contributed by atoms with Crippen LogP contribution in [-0.2, 0) is 5.54 Å². The van der Waals surface area contributed by atoms with E-state index >= 15 is 0 Å². The topological polar surface area (TPSA) is 99.9 Å². The maximum Gasteiger partial charge on any atom is 0.253 e. The lowest BCUT2D eigenvalue weighted by atomic mass is 9.97. The molecule has 2 N–H and O–H groups in total. The van der Waals surface area contributed by atoms with Crippen LogP contribution in [0.2, 0.25) is 0 Å². The molecule has 0 amide bonds. The molecule has 2 aromatic heterocycles. The second-order valence-corrected chi connectivity index (χ2v) is 9.39. The number of aromatic nitrogens is 5. The highest BCUT2D eigenvalue weighted by Crippen LogP contribution is 2.31. The van der Waals surface area contributed by atoms with Gasteiger partial charge >= 0.3 is 0 Å². The predicted octanol–water partition coefficient (Wildman–Crippen LogP) is 2.43. The third-order valence-corrected chi connectivity index (χ3v) is 5.85. The van der Waals surface area contributed by atoms with Crippen LogP contribution in [0.3, 0.4) is 0 Å². The molecule has 1 fully saturated rings. The number of aryl methyl sites for hydroxylation is 2. The lowest BCUT2D eigenvalue weighted by molar-refractivity contribution is 0.0647. The molecule has 0 unspecified atom stereocenters. The lowest BCUT2D eigenvalue weighted by Gasteiger charge is -2.36. The summed E-state index contributed by atoms with van der Waals surface area (Å²) in [6.45, 7) is 11.5. The lowest BCUT2D eigenvalue weighted by Crippen LogP contribution is -2.42. The Kier molecular flexibility index (Phi) is 5.23. The summed E-state index contributed by atoms with van der Waals surface area (Å²) in [6.07, 6.45) is 1.02. The zero-order chi connectivity index (χ0) is 21.6. The number of nitrogens with zero attached hydrogens (tertiary/aromatic N) is 5. The number of aromatic amines is 1. The van der Waals surface area contributed by atoms with Crippen molar-refractivity contribution in [2.45, 2.75) is 65.1 Å². The number of hydrogen-bond donors (Lipinski definition) is 2. The third kappa shape index (κ3) is 3.77. The Morgan fingerprint density at radius 3 is 2.53 bits per heavy atom. The van der Waals surface area contributed by atoms with Crippen LogP contribution in [0.4, 0.5) is 0 Å². The number of hydrogen-bond acceptors (Lipinski definition) is 6. The molecule has 0 aliphatic carbocycles. The van der Waals surface area contributed by atoms with E-state index in [1.807, 2.05) is 33.8 Å². The quantitative estimate of drug-likeness (QED) is 0.688. The van der Waals surface area contributed by atoms with Gasteiger partial charge in [0.1, 0.15) is 6.04 Å². The fraction of sp³-hybridized carbons (Fsp3) is 0.545. The van der Waals surface area contributed by atoms with Gasteiger partial charge in [-0.3, -0.25) is 9.69 Å². The third-order valence-electron chi connectivity index (χ3n) is 5.85. The molecule has 30 heavy (non-hydrogen) atoms. The van der Waals surface area contributed by atoms with E-state index in [9.17, 15) is 9.90 Å². The summed E-state index contributed by atoms with van der Waals surface area (Å²) in [5.74, 6) is 0.646. The second kappa shape index (κ2) is 7.59. The van der Waals surface area contributed by atoms with Crippen molar-refractivity contribution >= 4 is 10.9 Å². The van der Waals surface area contributed by atoms with E-state index in [-0.39, 0.29) is 23.2 Å². The van der Waals surface area contributed by atoms with Gasteiger partial charge in [0.25, 0.3) is 5.56 Å². The predicted molar refractivity (Wildman–Crippen MR) is 116 cm³/mol.